The average Bonchev–Trinajstić information content (AvgIpc) is 3.40. The summed E-state index contributed by atoms with van der Waals surface area (Å²) in [7, 11) is 0. The molecule has 2 atom stereocenters. The number of fused-ring (bicyclic) bond motifs is 2. The Hall–Kier alpha value is -5.40. The molecule has 0 spiro atoms. The van der Waals surface area contributed by atoms with Crippen LogP contribution in [-0.4, -0.2) is 0 Å². The lowest BCUT2D eigenvalue weighted by Gasteiger charge is -2.36. The Kier molecular flexibility index (Phi) is 6.80. The van der Waals surface area contributed by atoms with Crippen molar-refractivity contribution in [3.8, 4) is 11.1 Å². The van der Waals surface area contributed by atoms with Crippen molar-refractivity contribution in [3.05, 3.63) is 204 Å². The molecule has 6 aromatic rings. The fourth-order valence-electron chi connectivity index (χ4n) is 7.48. The van der Waals surface area contributed by atoms with Gasteiger partial charge < -0.3 is 4.90 Å². The van der Waals surface area contributed by atoms with E-state index in [0.29, 0.717) is 5.92 Å². The molecular formula is C44H35N. The van der Waals surface area contributed by atoms with Gasteiger partial charge in [-0.15, -0.1) is 0 Å². The molecule has 0 heterocycles. The van der Waals surface area contributed by atoms with Gasteiger partial charge in [-0.3, -0.25) is 0 Å². The van der Waals surface area contributed by atoms with Crippen molar-refractivity contribution in [2.75, 3.05) is 4.90 Å². The first-order valence-electron chi connectivity index (χ1n) is 15.9. The first-order valence-corrected chi connectivity index (χ1v) is 15.9. The topological polar surface area (TPSA) is 3.24 Å². The molecule has 0 N–H and O–H groups in total. The van der Waals surface area contributed by atoms with Gasteiger partial charge in [0.25, 0.3) is 0 Å². The maximum absolute atomic E-state index is 2.41. The zero-order valence-corrected chi connectivity index (χ0v) is 25.5. The Morgan fingerprint density at radius 1 is 0.511 bits per heavy atom. The molecule has 0 aliphatic heterocycles. The summed E-state index contributed by atoms with van der Waals surface area (Å²) >= 11 is 0. The van der Waals surface area contributed by atoms with E-state index in [2.05, 4.69) is 188 Å². The van der Waals surface area contributed by atoms with Crippen LogP contribution in [0.5, 0.6) is 0 Å². The minimum atomic E-state index is -0.364. The lowest BCUT2D eigenvalue weighted by atomic mass is 9.66. The van der Waals surface area contributed by atoms with Crippen LogP contribution in [0.4, 0.5) is 17.1 Å². The van der Waals surface area contributed by atoms with Crippen LogP contribution >= 0.6 is 0 Å². The second kappa shape index (κ2) is 11.3. The van der Waals surface area contributed by atoms with Crippen LogP contribution in [0.2, 0.25) is 0 Å². The van der Waals surface area contributed by atoms with Crippen LogP contribution in [0, 0.1) is 5.92 Å². The number of hydrogen-bond acceptors (Lipinski definition) is 1. The highest BCUT2D eigenvalue weighted by Gasteiger charge is 2.47. The molecule has 0 fully saturated rings. The van der Waals surface area contributed by atoms with E-state index in [1.165, 1.54) is 44.5 Å². The van der Waals surface area contributed by atoms with Crippen molar-refractivity contribution in [1.82, 2.24) is 0 Å². The summed E-state index contributed by atoms with van der Waals surface area (Å²) in [5.41, 5.74) is 13.7. The molecule has 8 rings (SSSR count). The average molecular weight is 578 g/mol. The summed E-state index contributed by atoms with van der Waals surface area (Å²) in [5.74, 6) is 0.526. The Labute approximate surface area is 266 Å². The van der Waals surface area contributed by atoms with E-state index < -0.39 is 0 Å². The van der Waals surface area contributed by atoms with E-state index >= 15 is 0 Å². The number of allylic oxidation sites excluding steroid dienone is 4. The van der Waals surface area contributed by atoms with Gasteiger partial charge in [0.2, 0.25) is 0 Å². The second-order valence-corrected chi connectivity index (χ2v) is 12.2. The van der Waals surface area contributed by atoms with E-state index in [1.54, 1.807) is 0 Å². The first kappa shape index (κ1) is 27.2. The molecule has 0 amide bonds. The summed E-state index contributed by atoms with van der Waals surface area (Å²) in [5, 5.41) is 0. The van der Waals surface area contributed by atoms with Crippen LogP contribution in [0.15, 0.2) is 182 Å². The largest absolute Gasteiger partial charge is 0.311 e. The molecule has 1 nitrogen and oxygen atoms in total. The molecule has 6 aromatic carbocycles. The molecule has 0 radical (unpaired) electrons. The fraction of sp³-hybridized carbons (Fsp3) is 0.0909. The van der Waals surface area contributed by atoms with Gasteiger partial charge in [-0.1, -0.05) is 146 Å². The number of benzene rings is 6. The molecule has 2 unspecified atom stereocenters. The van der Waals surface area contributed by atoms with E-state index in [1.807, 2.05) is 0 Å². The number of anilines is 3. The molecule has 0 bridgehead atoms. The van der Waals surface area contributed by atoms with Crippen LogP contribution in [0.3, 0.4) is 0 Å². The Bertz CT molecular complexity index is 2000. The van der Waals surface area contributed by atoms with E-state index in [0.717, 1.165) is 23.5 Å². The number of hydrogen-bond donors (Lipinski definition) is 0. The van der Waals surface area contributed by atoms with Gasteiger partial charge in [-0.2, -0.15) is 0 Å². The molecule has 0 aromatic heterocycles. The van der Waals surface area contributed by atoms with Crippen LogP contribution in [-0.2, 0) is 5.41 Å². The number of nitrogens with zero attached hydrogens (tertiary/aromatic N) is 1. The predicted octanol–water partition coefficient (Wildman–Crippen LogP) is 11.5. The van der Waals surface area contributed by atoms with Gasteiger partial charge in [0.05, 0.1) is 5.41 Å². The third-order valence-corrected chi connectivity index (χ3v) is 9.52. The Balaban J connectivity index is 1.27. The maximum atomic E-state index is 2.41. The van der Waals surface area contributed by atoms with E-state index in [4.69, 9.17) is 0 Å². The van der Waals surface area contributed by atoms with E-state index in [9.17, 15) is 0 Å². The molecule has 2 aliphatic carbocycles. The van der Waals surface area contributed by atoms with Gasteiger partial charge in [0, 0.05) is 17.1 Å². The highest BCUT2D eigenvalue weighted by molar-refractivity contribution is 5.89. The van der Waals surface area contributed by atoms with Gasteiger partial charge in [0.15, 0.2) is 0 Å². The number of rotatable bonds is 6. The van der Waals surface area contributed by atoms with Crippen LogP contribution < -0.4 is 4.90 Å². The summed E-state index contributed by atoms with van der Waals surface area (Å²) in [4.78, 5) is 2.35. The van der Waals surface area contributed by atoms with Gasteiger partial charge in [-0.25, -0.2) is 0 Å². The third-order valence-electron chi connectivity index (χ3n) is 9.52. The summed E-state index contributed by atoms with van der Waals surface area (Å²) in [6.45, 7) is 2.32. The fourth-order valence-corrected chi connectivity index (χ4v) is 7.48. The van der Waals surface area contributed by atoms with E-state index in [-0.39, 0.29) is 5.41 Å². The molecule has 0 saturated carbocycles. The van der Waals surface area contributed by atoms with Gasteiger partial charge >= 0.3 is 0 Å². The lowest BCUT2D eigenvalue weighted by molar-refractivity contribution is 0.718. The van der Waals surface area contributed by atoms with Gasteiger partial charge in [0.1, 0.15) is 0 Å². The Morgan fingerprint density at radius 3 is 1.71 bits per heavy atom. The highest BCUT2D eigenvalue weighted by Crippen LogP contribution is 2.57. The summed E-state index contributed by atoms with van der Waals surface area (Å²) in [6.07, 6.45) is 5.87. The monoisotopic (exact) mass is 577 g/mol. The number of para-hydroxylation sites is 1. The summed E-state index contributed by atoms with van der Waals surface area (Å²) in [6, 6.07) is 59.6. The third kappa shape index (κ3) is 4.55. The normalized spacial score (nSPS) is 18.4. The van der Waals surface area contributed by atoms with Crippen molar-refractivity contribution in [2.24, 2.45) is 5.92 Å². The minimum absolute atomic E-state index is 0.364. The zero-order valence-electron chi connectivity index (χ0n) is 25.5. The molecule has 2 aliphatic rings. The van der Waals surface area contributed by atoms with Crippen molar-refractivity contribution in [1.29, 1.82) is 0 Å². The maximum Gasteiger partial charge on any atom is 0.0710 e. The molecule has 45 heavy (non-hydrogen) atoms. The van der Waals surface area contributed by atoms with Crippen molar-refractivity contribution < 1.29 is 0 Å². The summed E-state index contributed by atoms with van der Waals surface area (Å²) < 4.78 is 0. The van der Waals surface area contributed by atoms with Crippen LogP contribution in [0.25, 0.3) is 16.7 Å². The SMILES string of the molecule is CC1C=CC2=C(C1)c1ccccc1C2(c1ccccc1)c1ccc(N(c2ccccc2)c2ccc(-c3ccccc3)cc2)cc1. The Morgan fingerprint density at radius 2 is 1.02 bits per heavy atom. The van der Waals surface area contributed by atoms with Crippen molar-refractivity contribution >= 4 is 22.6 Å². The smallest absolute Gasteiger partial charge is 0.0710 e. The van der Waals surface area contributed by atoms with Crippen molar-refractivity contribution in [3.63, 3.8) is 0 Å². The molecular weight excluding hydrogens is 542 g/mol. The molecule has 216 valence electrons. The standard InChI is InChI=1S/C44H35N/c1-32-21-30-43-41(31-32)40-19-11-12-20-42(40)44(43,35-15-7-3-8-16-35)36-24-28-39(29-25-36)45(37-17-9-4-10-18-37)38-26-22-34(23-27-38)33-13-5-2-6-14-33/h2-30,32H,31H2,1H3. The minimum Gasteiger partial charge on any atom is -0.311 e. The second-order valence-electron chi connectivity index (χ2n) is 12.2. The zero-order chi connectivity index (χ0) is 30.2. The van der Waals surface area contributed by atoms with Crippen LogP contribution in [0.1, 0.15) is 35.6 Å². The molecule has 1 heteroatoms. The quantitative estimate of drug-likeness (QED) is 0.190. The first-order chi connectivity index (χ1) is 22.2. The van der Waals surface area contributed by atoms with Gasteiger partial charge in [-0.05, 0) is 93.3 Å². The van der Waals surface area contributed by atoms with Crippen molar-refractivity contribution in [2.45, 2.75) is 18.8 Å². The predicted molar refractivity (Wildman–Crippen MR) is 189 cm³/mol. The molecule has 0 saturated heterocycles. The lowest BCUT2D eigenvalue weighted by Crippen LogP contribution is -2.29. The highest BCUT2D eigenvalue weighted by atomic mass is 15.1.